The van der Waals surface area contributed by atoms with Crippen LogP contribution in [0.1, 0.15) is 11.1 Å². The Morgan fingerprint density at radius 1 is 0.682 bits per heavy atom. The molecule has 0 bridgehead atoms. The Balaban J connectivity index is 1.95. The van der Waals surface area contributed by atoms with Gasteiger partial charge in [-0.1, -0.05) is 45.6 Å². The minimum absolute atomic E-state index is 0.158. The molecule has 0 spiro atoms. The molecule has 0 aliphatic carbocycles. The van der Waals surface area contributed by atoms with Gasteiger partial charge in [-0.05, 0) is 61.3 Å². The first-order chi connectivity index (χ1) is 10.5. The maximum atomic E-state index is 5.83. The van der Waals surface area contributed by atoms with E-state index in [1.54, 1.807) is 24.3 Å². The van der Waals surface area contributed by atoms with Crippen LogP contribution in [0.5, 0.6) is 11.5 Å². The first-order valence-corrected chi connectivity index (χ1v) is 7.24. The Morgan fingerprint density at radius 3 is 1.32 bits per heavy atom. The number of aryl methyl sites for hydroxylation is 2. The minimum Gasteiger partial charge on any atom is -0.429 e. The second-order valence-electron chi connectivity index (χ2n) is 4.54. The van der Waals surface area contributed by atoms with Gasteiger partial charge in [0.05, 0.1) is 0 Å². The molecule has 22 heavy (non-hydrogen) atoms. The topological polar surface area (TPSA) is 43.2 Å². The van der Waals surface area contributed by atoms with Crippen LogP contribution in [0.2, 0.25) is 0 Å². The van der Waals surface area contributed by atoms with Crippen molar-refractivity contribution in [2.24, 2.45) is 10.2 Å². The molecule has 0 N–H and O–H groups in total. The van der Waals surface area contributed by atoms with Crippen molar-refractivity contribution in [3.63, 3.8) is 0 Å². The van der Waals surface area contributed by atoms with E-state index in [0.29, 0.717) is 11.5 Å². The molecule has 0 amide bonds. The maximum absolute atomic E-state index is 5.83. The number of hydrogen-bond donors (Lipinski definition) is 0. The summed E-state index contributed by atoms with van der Waals surface area (Å²) in [4.78, 5) is 0. The van der Waals surface area contributed by atoms with Gasteiger partial charge >= 0.3 is 10.7 Å². The highest BCUT2D eigenvalue weighted by Gasteiger charge is 2.01. The van der Waals surface area contributed by atoms with E-state index in [4.69, 9.17) is 32.7 Å². The summed E-state index contributed by atoms with van der Waals surface area (Å²) in [5.74, 6) is 1.12. The molecule has 4 nitrogen and oxygen atoms in total. The van der Waals surface area contributed by atoms with E-state index in [-0.39, 0.29) is 10.7 Å². The largest absolute Gasteiger partial charge is 0.429 e. The molecule has 0 fully saturated rings. The lowest BCUT2D eigenvalue weighted by atomic mass is 10.2. The Bertz CT molecular complexity index is 619. The van der Waals surface area contributed by atoms with Gasteiger partial charge in [-0.25, -0.2) is 0 Å². The SMILES string of the molecule is Cc1ccc(O/C(Cl)=N/N=C(\Cl)Oc2ccc(C)cc2)cc1. The van der Waals surface area contributed by atoms with Gasteiger partial charge in [0.15, 0.2) is 0 Å². The number of rotatable bonds is 3. The maximum Gasteiger partial charge on any atom is 0.311 e. The van der Waals surface area contributed by atoms with Gasteiger partial charge in [0.25, 0.3) is 0 Å². The number of benzene rings is 2. The molecule has 2 rings (SSSR count). The van der Waals surface area contributed by atoms with Gasteiger partial charge < -0.3 is 9.47 Å². The molecule has 0 aliphatic rings. The van der Waals surface area contributed by atoms with Crippen LogP contribution >= 0.6 is 23.2 Å². The number of nitrogens with zero attached hydrogens (tertiary/aromatic N) is 2. The highest BCUT2D eigenvalue weighted by Crippen LogP contribution is 2.14. The standard InChI is InChI=1S/C16H14Cl2N2O2/c1-11-3-7-13(8-4-11)21-15(17)19-20-16(18)22-14-9-5-12(2)6-10-14/h3-10H,1-2H3/b19-15+,20-16+. The highest BCUT2D eigenvalue weighted by atomic mass is 35.5. The van der Waals surface area contributed by atoms with Crippen LogP contribution in [0, 0.1) is 13.8 Å². The third kappa shape index (κ3) is 5.39. The second-order valence-corrected chi connectivity index (χ2v) is 5.18. The summed E-state index contributed by atoms with van der Waals surface area (Å²) in [5.41, 5.74) is 2.24. The average Bonchev–Trinajstić information content (AvgIpc) is 2.50. The summed E-state index contributed by atoms with van der Waals surface area (Å²) in [7, 11) is 0. The third-order valence-electron chi connectivity index (χ3n) is 2.65. The van der Waals surface area contributed by atoms with Gasteiger partial charge in [-0.15, -0.1) is 0 Å². The van der Waals surface area contributed by atoms with E-state index in [2.05, 4.69) is 10.2 Å². The quantitative estimate of drug-likeness (QED) is 0.456. The van der Waals surface area contributed by atoms with Crippen molar-refractivity contribution in [2.75, 3.05) is 0 Å². The number of halogens is 2. The Hall–Kier alpha value is -2.04. The zero-order chi connectivity index (χ0) is 15.9. The molecule has 0 atom stereocenters. The van der Waals surface area contributed by atoms with E-state index in [9.17, 15) is 0 Å². The van der Waals surface area contributed by atoms with Crippen molar-refractivity contribution in [2.45, 2.75) is 13.8 Å². The van der Waals surface area contributed by atoms with E-state index < -0.39 is 0 Å². The number of hydrogen-bond acceptors (Lipinski definition) is 4. The zero-order valence-electron chi connectivity index (χ0n) is 12.1. The monoisotopic (exact) mass is 336 g/mol. The summed E-state index contributed by atoms with van der Waals surface area (Å²) in [5, 5.41) is 6.98. The normalized spacial score (nSPS) is 12.2. The fourth-order valence-corrected chi connectivity index (χ4v) is 1.78. The summed E-state index contributed by atoms with van der Waals surface area (Å²) >= 11 is 11.7. The van der Waals surface area contributed by atoms with Crippen molar-refractivity contribution in [1.82, 2.24) is 0 Å². The highest BCUT2D eigenvalue weighted by molar-refractivity contribution is 6.64. The van der Waals surface area contributed by atoms with Crippen LogP contribution in [-0.4, -0.2) is 10.7 Å². The lowest BCUT2D eigenvalue weighted by Gasteiger charge is -2.03. The van der Waals surface area contributed by atoms with Crippen molar-refractivity contribution in [1.29, 1.82) is 0 Å². The van der Waals surface area contributed by atoms with E-state index in [1.807, 2.05) is 38.1 Å². The molecular formula is C16H14Cl2N2O2. The van der Waals surface area contributed by atoms with E-state index in [1.165, 1.54) is 0 Å². The van der Waals surface area contributed by atoms with Crippen LogP contribution in [0.4, 0.5) is 0 Å². The minimum atomic E-state index is -0.158. The van der Waals surface area contributed by atoms with E-state index in [0.717, 1.165) is 11.1 Å². The predicted octanol–water partition coefficient (Wildman–Crippen LogP) is 4.87. The predicted molar refractivity (Wildman–Crippen MR) is 90.2 cm³/mol. The fraction of sp³-hybridized carbons (Fsp3) is 0.125. The van der Waals surface area contributed by atoms with Gasteiger partial charge in [0, 0.05) is 0 Å². The van der Waals surface area contributed by atoms with Crippen LogP contribution < -0.4 is 9.47 Å². The van der Waals surface area contributed by atoms with Crippen LogP contribution in [0.3, 0.4) is 0 Å². The molecule has 0 heterocycles. The van der Waals surface area contributed by atoms with Gasteiger partial charge in [-0.2, -0.15) is 0 Å². The third-order valence-corrected chi connectivity index (χ3v) is 2.96. The van der Waals surface area contributed by atoms with Crippen molar-refractivity contribution in [3.8, 4) is 11.5 Å². The number of ether oxygens (including phenoxy) is 2. The van der Waals surface area contributed by atoms with Gasteiger partial charge in [0.1, 0.15) is 11.5 Å². The lowest BCUT2D eigenvalue weighted by Crippen LogP contribution is -2.02. The van der Waals surface area contributed by atoms with Crippen LogP contribution in [-0.2, 0) is 0 Å². The molecule has 0 radical (unpaired) electrons. The van der Waals surface area contributed by atoms with Crippen molar-refractivity contribution < 1.29 is 9.47 Å². The van der Waals surface area contributed by atoms with Gasteiger partial charge in [-0.3, -0.25) is 0 Å². The summed E-state index contributed by atoms with van der Waals surface area (Å²) in [6.07, 6.45) is 0. The molecule has 2 aromatic carbocycles. The van der Waals surface area contributed by atoms with E-state index >= 15 is 0 Å². The van der Waals surface area contributed by atoms with Crippen molar-refractivity contribution >= 4 is 33.9 Å². The molecule has 0 saturated carbocycles. The van der Waals surface area contributed by atoms with Crippen LogP contribution in [0.15, 0.2) is 58.7 Å². The lowest BCUT2D eigenvalue weighted by molar-refractivity contribution is 0.551. The molecule has 0 aliphatic heterocycles. The molecule has 0 aromatic heterocycles. The summed E-state index contributed by atoms with van der Waals surface area (Å²) < 4.78 is 10.6. The smallest absolute Gasteiger partial charge is 0.311 e. The molecule has 114 valence electrons. The van der Waals surface area contributed by atoms with Crippen molar-refractivity contribution in [3.05, 3.63) is 59.7 Å². The molecule has 6 heteroatoms. The van der Waals surface area contributed by atoms with Crippen LogP contribution in [0.25, 0.3) is 0 Å². The first kappa shape index (κ1) is 16.3. The molecule has 0 unspecified atom stereocenters. The second kappa shape index (κ2) is 7.82. The summed E-state index contributed by atoms with van der Waals surface area (Å²) in [6.45, 7) is 3.96. The zero-order valence-corrected chi connectivity index (χ0v) is 13.6. The summed E-state index contributed by atoms with van der Waals surface area (Å²) in [6, 6.07) is 14.7. The van der Waals surface area contributed by atoms with Gasteiger partial charge in [0.2, 0.25) is 0 Å². The Morgan fingerprint density at radius 2 is 1.00 bits per heavy atom. The Labute approximate surface area is 139 Å². The molecule has 0 saturated heterocycles. The Kier molecular flexibility index (Phi) is 5.81. The fourth-order valence-electron chi connectivity index (χ4n) is 1.53. The molecule has 2 aromatic rings. The first-order valence-electron chi connectivity index (χ1n) is 6.48. The average molecular weight is 337 g/mol. The molecular weight excluding hydrogens is 323 g/mol.